The highest BCUT2D eigenvalue weighted by molar-refractivity contribution is 7.86. The lowest BCUT2D eigenvalue weighted by Gasteiger charge is -2.21. The Morgan fingerprint density at radius 3 is 2.37 bits per heavy atom. The van der Waals surface area contributed by atoms with Crippen LogP contribution in [0.4, 0.5) is 4.79 Å². The third-order valence-electron chi connectivity index (χ3n) is 4.75. The van der Waals surface area contributed by atoms with Gasteiger partial charge in [0.1, 0.15) is 12.6 Å². The third kappa shape index (κ3) is 5.17. The van der Waals surface area contributed by atoms with Crippen LogP contribution in [0.1, 0.15) is 17.5 Å². The SMILES string of the molecule is COC(=O)[C@H]1CC(OS(=O)(=O)c2ccc(C)cc2)CN1C(=O)OCc1ccccc1. The van der Waals surface area contributed by atoms with Crippen molar-refractivity contribution >= 4 is 22.2 Å². The predicted octanol–water partition coefficient (Wildman–Crippen LogP) is 2.65. The van der Waals surface area contributed by atoms with Crippen molar-refractivity contribution < 1.29 is 31.7 Å². The minimum absolute atomic E-state index is 0.00724. The number of ether oxygens (including phenoxy) is 2. The number of benzene rings is 2. The van der Waals surface area contributed by atoms with E-state index in [1.807, 2.05) is 25.1 Å². The number of hydrogen-bond donors (Lipinski definition) is 0. The number of aryl methyl sites for hydroxylation is 1. The molecule has 9 heteroatoms. The Morgan fingerprint density at radius 2 is 1.73 bits per heavy atom. The second-order valence-electron chi connectivity index (χ2n) is 6.95. The normalized spacial score (nSPS) is 18.8. The van der Waals surface area contributed by atoms with Crippen LogP contribution >= 0.6 is 0 Å². The van der Waals surface area contributed by atoms with E-state index in [0.717, 1.165) is 16.0 Å². The molecule has 1 unspecified atom stereocenters. The van der Waals surface area contributed by atoms with E-state index in [9.17, 15) is 18.0 Å². The quantitative estimate of drug-likeness (QED) is 0.510. The number of esters is 1. The average Bonchev–Trinajstić information content (AvgIpc) is 3.15. The zero-order valence-electron chi connectivity index (χ0n) is 16.7. The molecule has 0 aromatic heterocycles. The zero-order chi connectivity index (χ0) is 21.7. The first-order chi connectivity index (χ1) is 14.3. The molecule has 0 spiro atoms. The number of carbonyl (C=O) groups is 2. The molecule has 1 fully saturated rings. The van der Waals surface area contributed by atoms with Crippen molar-refractivity contribution in [2.45, 2.75) is 37.0 Å². The van der Waals surface area contributed by atoms with E-state index in [0.29, 0.717) is 0 Å². The van der Waals surface area contributed by atoms with E-state index in [1.165, 1.54) is 19.2 Å². The van der Waals surface area contributed by atoms with E-state index in [-0.39, 0.29) is 24.5 Å². The van der Waals surface area contributed by atoms with Gasteiger partial charge >= 0.3 is 12.1 Å². The molecule has 160 valence electrons. The van der Waals surface area contributed by atoms with Gasteiger partial charge < -0.3 is 9.47 Å². The minimum atomic E-state index is -4.05. The largest absolute Gasteiger partial charge is 0.467 e. The van der Waals surface area contributed by atoms with Gasteiger partial charge in [-0.2, -0.15) is 8.42 Å². The summed E-state index contributed by atoms with van der Waals surface area (Å²) in [5.41, 5.74) is 1.70. The monoisotopic (exact) mass is 433 g/mol. The summed E-state index contributed by atoms with van der Waals surface area (Å²) < 4.78 is 40.5. The van der Waals surface area contributed by atoms with Crippen molar-refractivity contribution in [3.8, 4) is 0 Å². The van der Waals surface area contributed by atoms with Crippen LogP contribution in [0.2, 0.25) is 0 Å². The summed E-state index contributed by atoms with van der Waals surface area (Å²) in [4.78, 5) is 25.9. The number of carbonyl (C=O) groups excluding carboxylic acids is 2. The number of likely N-dealkylation sites (tertiary alicyclic amines) is 1. The Bertz CT molecular complexity index is 990. The molecule has 3 rings (SSSR count). The molecule has 2 aromatic carbocycles. The van der Waals surface area contributed by atoms with E-state index < -0.39 is 34.3 Å². The van der Waals surface area contributed by atoms with Gasteiger partial charge in [0.15, 0.2) is 0 Å². The molecule has 1 aliphatic heterocycles. The van der Waals surface area contributed by atoms with Gasteiger partial charge in [-0.05, 0) is 24.6 Å². The lowest BCUT2D eigenvalue weighted by atomic mass is 10.2. The molecule has 0 saturated carbocycles. The van der Waals surface area contributed by atoms with Crippen molar-refractivity contribution in [2.75, 3.05) is 13.7 Å². The molecule has 30 heavy (non-hydrogen) atoms. The van der Waals surface area contributed by atoms with Gasteiger partial charge in [-0.3, -0.25) is 9.08 Å². The first-order valence-corrected chi connectivity index (χ1v) is 10.8. The van der Waals surface area contributed by atoms with Crippen LogP contribution in [0, 0.1) is 6.92 Å². The molecule has 1 heterocycles. The van der Waals surface area contributed by atoms with Gasteiger partial charge in [-0.1, -0.05) is 48.0 Å². The summed E-state index contributed by atoms with van der Waals surface area (Å²) in [6.07, 6.45) is -1.66. The van der Waals surface area contributed by atoms with Gasteiger partial charge in [-0.25, -0.2) is 9.59 Å². The van der Waals surface area contributed by atoms with Gasteiger partial charge in [0.05, 0.1) is 24.7 Å². The summed E-state index contributed by atoms with van der Waals surface area (Å²) in [5.74, 6) is -0.662. The van der Waals surface area contributed by atoms with Crippen LogP contribution in [0.5, 0.6) is 0 Å². The summed E-state index contributed by atoms with van der Waals surface area (Å²) >= 11 is 0. The highest BCUT2D eigenvalue weighted by Crippen LogP contribution is 2.26. The summed E-state index contributed by atoms with van der Waals surface area (Å²) in [7, 11) is -2.85. The van der Waals surface area contributed by atoms with Crippen molar-refractivity contribution in [2.24, 2.45) is 0 Å². The topological polar surface area (TPSA) is 99.2 Å². The molecule has 8 nitrogen and oxygen atoms in total. The fourth-order valence-corrected chi connectivity index (χ4v) is 4.25. The lowest BCUT2D eigenvalue weighted by molar-refractivity contribution is -0.145. The van der Waals surface area contributed by atoms with Crippen LogP contribution in [-0.4, -0.2) is 51.2 Å². The number of hydrogen-bond acceptors (Lipinski definition) is 7. The maximum Gasteiger partial charge on any atom is 0.410 e. The van der Waals surface area contributed by atoms with Crippen molar-refractivity contribution in [3.63, 3.8) is 0 Å². The zero-order valence-corrected chi connectivity index (χ0v) is 17.5. The Balaban J connectivity index is 1.70. The minimum Gasteiger partial charge on any atom is -0.467 e. The van der Waals surface area contributed by atoms with E-state index >= 15 is 0 Å². The molecular formula is C21H23NO7S. The molecular weight excluding hydrogens is 410 g/mol. The molecule has 2 atom stereocenters. The second kappa shape index (κ2) is 9.27. The Kier molecular flexibility index (Phi) is 6.73. The fourth-order valence-electron chi connectivity index (χ4n) is 3.17. The third-order valence-corrected chi connectivity index (χ3v) is 6.12. The summed E-state index contributed by atoms with van der Waals surface area (Å²) in [5, 5.41) is 0. The van der Waals surface area contributed by atoms with Crippen LogP contribution in [0.15, 0.2) is 59.5 Å². The lowest BCUT2D eigenvalue weighted by Crippen LogP contribution is -2.41. The molecule has 0 aliphatic carbocycles. The van der Waals surface area contributed by atoms with Crippen molar-refractivity contribution in [1.82, 2.24) is 4.90 Å². The first-order valence-electron chi connectivity index (χ1n) is 9.35. The molecule has 0 radical (unpaired) electrons. The van der Waals surface area contributed by atoms with Crippen LogP contribution in [0.3, 0.4) is 0 Å². The molecule has 1 amide bonds. The fraction of sp³-hybridized carbons (Fsp3) is 0.333. The number of rotatable bonds is 6. The predicted molar refractivity (Wildman–Crippen MR) is 107 cm³/mol. The van der Waals surface area contributed by atoms with Crippen LogP contribution in [0.25, 0.3) is 0 Å². The molecule has 0 N–H and O–H groups in total. The molecule has 1 aliphatic rings. The van der Waals surface area contributed by atoms with Gasteiger partial charge in [-0.15, -0.1) is 0 Å². The maximum absolute atomic E-state index is 12.6. The molecule has 0 bridgehead atoms. The highest BCUT2D eigenvalue weighted by atomic mass is 32.2. The Morgan fingerprint density at radius 1 is 1.07 bits per heavy atom. The van der Waals surface area contributed by atoms with E-state index in [4.69, 9.17) is 13.7 Å². The van der Waals surface area contributed by atoms with E-state index in [1.54, 1.807) is 24.3 Å². The molecule has 2 aromatic rings. The first kappa shape index (κ1) is 21.8. The Labute approximate surface area is 175 Å². The smallest absolute Gasteiger partial charge is 0.410 e. The number of methoxy groups -OCH3 is 1. The van der Waals surface area contributed by atoms with Gasteiger partial charge in [0.25, 0.3) is 10.1 Å². The second-order valence-corrected chi connectivity index (χ2v) is 8.52. The maximum atomic E-state index is 12.6. The van der Waals surface area contributed by atoms with Gasteiger partial charge in [0.2, 0.25) is 0 Å². The van der Waals surface area contributed by atoms with Crippen molar-refractivity contribution in [3.05, 3.63) is 65.7 Å². The standard InChI is InChI=1S/C21H23NO7S/c1-15-8-10-18(11-9-15)30(25,26)29-17-12-19(20(23)27-2)22(13-17)21(24)28-14-16-6-4-3-5-7-16/h3-11,17,19H,12-14H2,1-2H3/t17?,19-/m1/s1. The van der Waals surface area contributed by atoms with Crippen LogP contribution in [-0.2, 0) is 35.2 Å². The van der Waals surface area contributed by atoms with Crippen molar-refractivity contribution in [1.29, 1.82) is 0 Å². The Hall–Kier alpha value is -2.91. The van der Waals surface area contributed by atoms with Crippen LogP contribution < -0.4 is 0 Å². The number of nitrogens with zero attached hydrogens (tertiary/aromatic N) is 1. The summed E-state index contributed by atoms with van der Waals surface area (Å²) in [6, 6.07) is 14.3. The number of amides is 1. The average molecular weight is 433 g/mol. The summed E-state index contributed by atoms with van der Waals surface area (Å²) in [6.45, 7) is 1.75. The van der Waals surface area contributed by atoms with E-state index in [2.05, 4.69) is 0 Å². The molecule has 1 saturated heterocycles. The highest BCUT2D eigenvalue weighted by Gasteiger charge is 2.43. The van der Waals surface area contributed by atoms with Gasteiger partial charge in [0, 0.05) is 6.42 Å².